The Bertz CT molecular complexity index is 353. The van der Waals surface area contributed by atoms with E-state index in [1.165, 1.54) is 5.19 Å². The smallest absolute Gasteiger partial charge is 0.0836 e. The zero-order valence-corrected chi connectivity index (χ0v) is 10.2. The van der Waals surface area contributed by atoms with Gasteiger partial charge in [-0.3, -0.25) is 0 Å². The lowest BCUT2D eigenvalue weighted by molar-refractivity contribution is 0.319. The van der Waals surface area contributed by atoms with Crippen LogP contribution in [0.1, 0.15) is 12.5 Å². The predicted octanol–water partition coefficient (Wildman–Crippen LogP) is 2.43. The lowest BCUT2D eigenvalue weighted by atomic mass is 10.1. The zero-order valence-electron chi connectivity index (χ0n) is 9.20. The van der Waals surface area contributed by atoms with Gasteiger partial charge in [0.05, 0.1) is 13.8 Å². The van der Waals surface area contributed by atoms with Crippen molar-refractivity contribution >= 4 is 19.0 Å². The Kier molecular flexibility index (Phi) is 3.11. The number of hydrogen-bond donors (Lipinski definition) is 1. The maximum atomic E-state index is 8.68. The summed E-state index contributed by atoms with van der Waals surface area (Å²) in [6.07, 6.45) is 0. The first-order valence-electron chi connectivity index (χ1n) is 4.74. The molecule has 0 aliphatic heterocycles. The Labute approximate surface area is 86.3 Å². The van der Waals surface area contributed by atoms with Gasteiger partial charge in [0.1, 0.15) is 0 Å². The van der Waals surface area contributed by atoms with Crippen LogP contribution in [0, 0.1) is 0 Å². The third-order valence-electron chi connectivity index (χ3n) is 2.30. The maximum absolute atomic E-state index is 8.68. The molecule has 0 radical (unpaired) electrons. The minimum Gasteiger partial charge on any atom is -0.411 e. The molecule has 0 aliphatic carbocycles. The van der Waals surface area contributed by atoms with Crippen LogP contribution in [-0.2, 0) is 0 Å². The van der Waals surface area contributed by atoms with Gasteiger partial charge in [-0.2, -0.15) is 0 Å². The monoisotopic (exact) mass is 207 g/mol. The lowest BCUT2D eigenvalue weighted by Crippen LogP contribution is -2.37. The maximum Gasteiger partial charge on any atom is 0.0836 e. The highest BCUT2D eigenvalue weighted by Gasteiger charge is 2.16. The van der Waals surface area contributed by atoms with Crippen molar-refractivity contribution in [1.29, 1.82) is 0 Å². The fourth-order valence-electron chi connectivity index (χ4n) is 1.27. The third-order valence-corrected chi connectivity index (χ3v) is 4.34. The van der Waals surface area contributed by atoms with Crippen molar-refractivity contribution < 1.29 is 5.21 Å². The van der Waals surface area contributed by atoms with Crippen LogP contribution in [0.25, 0.3) is 0 Å². The molecular weight excluding hydrogens is 190 g/mol. The normalized spacial score (nSPS) is 13.0. The average Bonchev–Trinajstić information content (AvgIpc) is 2.15. The van der Waals surface area contributed by atoms with E-state index in [9.17, 15) is 0 Å². The van der Waals surface area contributed by atoms with Crippen molar-refractivity contribution in [3.63, 3.8) is 0 Å². The summed E-state index contributed by atoms with van der Waals surface area (Å²) < 4.78 is 0. The van der Waals surface area contributed by atoms with E-state index in [1.807, 2.05) is 19.1 Å². The molecule has 0 unspecified atom stereocenters. The Morgan fingerprint density at radius 1 is 1.29 bits per heavy atom. The molecule has 1 aromatic rings. The highest BCUT2D eigenvalue weighted by molar-refractivity contribution is 6.88. The van der Waals surface area contributed by atoms with Crippen molar-refractivity contribution in [3.05, 3.63) is 29.8 Å². The Hall–Kier alpha value is -1.09. The molecule has 1 aromatic carbocycles. The van der Waals surface area contributed by atoms with Gasteiger partial charge in [0.2, 0.25) is 0 Å². The van der Waals surface area contributed by atoms with Crippen LogP contribution in [0.3, 0.4) is 0 Å². The van der Waals surface area contributed by atoms with Crippen LogP contribution >= 0.6 is 0 Å². The second-order valence-electron chi connectivity index (χ2n) is 4.52. The van der Waals surface area contributed by atoms with Crippen molar-refractivity contribution in [2.75, 3.05) is 0 Å². The molecule has 2 nitrogen and oxygen atoms in total. The van der Waals surface area contributed by atoms with E-state index >= 15 is 0 Å². The fraction of sp³-hybridized carbons (Fsp3) is 0.364. The molecule has 0 bridgehead atoms. The van der Waals surface area contributed by atoms with Gasteiger partial charge in [-0.15, -0.1) is 0 Å². The molecule has 0 atom stereocenters. The van der Waals surface area contributed by atoms with Gasteiger partial charge >= 0.3 is 0 Å². The van der Waals surface area contributed by atoms with Crippen molar-refractivity contribution in [3.8, 4) is 0 Å². The summed E-state index contributed by atoms with van der Waals surface area (Å²) in [6.45, 7) is 8.72. The zero-order chi connectivity index (χ0) is 10.8. The van der Waals surface area contributed by atoms with Crippen LogP contribution in [0.2, 0.25) is 19.6 Å². The van der Waals surface area contributed by atoms with Crippen LogP contribution in [0.5, 0.6) is 0 Å². The quantitative estimate of drug-likeness (QED) is 0.343. The summed E-state index contributed by atoms with van der Waals surface area (Å²) in [7, 11) is -1.26. The topological polar surface area (TPSA) is 32.6 Å². The predicted molar refractivity (Wildman–Crippen MR) is 63.4 cm³/mol. The molecule has 1 rings (SSSR count). The molecule has 0 saturated carbocycles. The van der Waals surface area contributed by atoms with Crippen LogP contribution < -0.4 is 5.19 Å². The Morgan fingerprint density at radius 3 is 2.43 bits per heavy atom. The van der Waals surface area contributed by atoms with Crippen molar-refractivity contribution in [2.24, 2.45) is 5.16 Å². The van der Waals surface area contributed by atoms with E-state index in [2.05, 4.69) is 36.9 Å². The molecule has 76 valence electrons. The molecule has 0 spiro atoms. The number of oxime groups is 1. The summed E-state index contributed by atoms with van der Waals surface area (Å²) in [4.78, 5) is 0. The highest BCUT2D eigenvalue weighted by Crippen LogP contribution is 2.06. The van der Waals surface area contributed by atoms with Gasteiger partial charge in [-0.25, -0.2) is 0 Å². The average molecular weight is 207 g/mol. The van der Waals surface area contributed by atoms with Gasteiger partial charge < -0.3 is 5.21 Å². The molecule has 3 heteroatoms. The third kappa shape index (κ3) is 2.45. The summed E-state index contributed by atoms with van der Waals surface area (Å²) in [5.74, 6) is 0. The molecular formula is C11H17NOSi. The molecule has 0 heterocycles. The lowest BCUT2D eigenvalue weighted by Gasteiger charge is -2.17. The number of rotatable bonds is 2. The fourth-order valence-corrected chi connectivity index (χ4v) is 2.45. The summed E-state index contributed by atoms with van der Waals surface area (Å²) in [5.41, 5.74) is 1.68. The summed E-state index contributed by atoms with van der Waals surface area (Å²) >= 11 is 0. The molecule has 1 N–H and O–H groups in total. The Morgan fingerprint density at radius 2 is 1.93 bits per heavy atom. The van der Waals surface area contributed by atoms with Gasteiger partial charge in [0, 0.05) is 0 Å². The summed E-state index contributed by atoms with van der Waals surface area (Å²) in [5, 5.41) is 13.3. The minimum absolute atomic E-state index is 0.671. The van der Waals surface area contributed by atoms with E-state index in [0.29, 0.717) is 5.71 Å². The van der Waals surface area contributed by atoms with Crippen molar-refractivity contribution in [2.45, 2.75) is 26.6 Å². The first-order valence-corrected chi connectivity index (χ1v) is 8.24. The summed E-state index contributed by atoms with van der Waals surface area (Å²) in [6, 6.07) is 8.28. The number of hydrogen-bond acceptors (Lipinski definition) is 2. The van der Waals surface area contributed by atoms with E-state index in [4.69, 9.17) is 5.21 Å². The van der Waals surface area contributed by atoms with E-state index in [-0.39, 0.29) is 0 Å². The van der Waals surface area contributed by atoms with Gasteiger partial charge in [-0.1, -0.05) is 54.2 Å². The minimum atomic E-state index is -1.26. The van der Waals surface area contributed by atoms with E-state index in [0.717, 1.165) is 5.56 Å². The standard InChI is InChI=1S/C11H17NOSi/c1-9(12-13)10-6-5-7-11(8-10)14(2,3)4/h5-8,13H,1-4H3. The van der Waals surface area contributed by atoms with Gasteiger partial charge in [0.15, 0.2) is 0 Å². The number of benzene rings is 1. The van der Waals surface area contributed by atoms with Crippen LogP contribution in [0.15, 0.2) is 29.4 Å². The van der Waals surface area contributed by atoms with Gasteiger partial charge in [-0.05, 0) is 12.5 Å². The second kappa shape index (κ2) is 3.96. The van der Waals surface area contributed by atoms with Crippen LogP contribution in [0.4, 0.5) is 0 Å². The first-order chi connectivity index (χ1) is 6.45. The van der Waals surface area contributed by atoms with Crippen molar-refractivity contribution in [1.82, 2.24) is 0 Å². The number of nitrogens with zero attached hydrogens (tertiary/aromatic N) is 1. The largest absolute Gasteiger partial charge is 0.411 e. The molecule has 0 aromatic heterocycles. The molecule has 0 aliphatic rings. The van der Waals surface area contributed by atoms with Crippen LogP contribution in [-0.4, -0.2) is 19.0 Å². The Balaban J connectivity index is 3.14. The van der Waals surface area contributed by atoms with E-state index < -0.39 is 8.07 Å². The molecule has 0 saturated heterocycles. The first kappa shape index (κ1) is 11.0. The molecule has 14 heavy (non-hydrogen) atoms. The SMILES string of the molecule is CC(=NO)c1cccc([Si](C)(C)C)c1. The highest BCUT2D eigenvalue weighted by atomic mass is 28.3. The van der Waals surface area contributed by atoms with Gasteiger partial charge in [0.25, 0.3) is 0 Å². The second-order valence-corrected chi connectivity index (χ2v) is 9.59. The van der Waals surface area contributed by atoms with E-state index in [1.54, 1.807) is 0 Å². The molecule has 0 fully saturated rings. The molecule has 0 amide bonds.